The third-order valence-corrected chi connectivity index (χ3v) is 8.35. The number of aliphatic hydroxyl groups excluding tert-OH is 1. The summed E-state index contributed by atoms with van der Waals surface area (Å²) in [4.78, 5) is 27.2. The van der Waals surface area contributed by atoms with Gasteiger partial charge in [-0.2, -0.15) is 8.42 Å². The summed E-state index contributed by atoms with van der Waals surface area (Å²) in [5.74, 6) is -1.44. The number of hydrogen-bond donors (Lipinski definition) is 3. The van der Waals surface area contributed by atoms with Crippen molar-refractivity contribution in [2.45, 2.75) is 37.6 Å². The quantitative estimate of drug-likeness (QED) is 0.563. The number of anilines is 1. The molecule has 174 valence electrons. The van der Waals surface area contributed by atoms with Gasteiger partial charge in [-0.1, -0.05) is 32.1 Å². The molecule has 1 saturated carbocycles. The van der Waals surface area contributed by atoms with Crippen LogP contribution in [-0.2, 0) is 14.8 Å². The molecule has 2 amide bonds. The van der Waals surface area contributed by atoms with E-state index in [1.54, 1.807) is 4.90 Å². The fourth-order valence-corrected chi connectivity index (χ4v) is 6.66. The van der Waals surface area contributed by atoms with Crippen LogP contribution in [-0.4, -0.2) is 48.7 Å². The zero-order valence-corrected chi connectivity index (χ0v) is 19.2. The van der Waals surface area contributed by atoms with Crippen LogP contribution in [0.2, 0.25) is 0 Å². The highest BCUT2D eigenvalue weighted by Crippen LogP contribution is 2.52. The van der Waals surface area contributed by atoms with Gasteiger partial charge in [0.2, 0.25) is 0 Å². The van der Waals surface area contributed by atoms with Gasteiger partial charge in [0.05, 0.1) is 11.3 Å². The molecule has 0 aromatic heterocycles. The number of amidine groups is 1. The molecule has 0 spiro atoms. The standard InChI is InChI=1S/C23H26N4O5S/c1-11(2)8-9-27-19-13-7-6-12(10-13)16(19)20(28)17(23(27)30)22-25-18-14(21(24)29)4-3-5-15(18)33(31,32)26-22/h3-7,11-13,16,19,28H,8-10H2,1-2H3,(H2,24,29)(H,25,26). The first kappa shape index (κ1) is 21.7. The Kier molecular flexibility index (Phi) is 4.89. The number of rotatable bonds is 5. The van der Waals surface area contributed by atoms with Gasteiger partial charge < -0.3 is 21.1 Å². The molecule has 1 aromatic carbocycles. The van der Waals surface area contributed by atoms with Crippen molar-refractivity contribution >= 4 is 33.4 Å². The lowest BCUT2D eigenvalue weighted by atomic mass is 9.80. The summed E-state index contributed by atoms with van der Waals surface area (Å²) in [6, 6.07) is 3.95. The lowest BCUT2D eigenvalue weighted by Gasteiger charge is -2.43. The molecule has 0 radical (unpaired) electrons. The smallest absolute Gasteiger partial charge is 0.286 e. The van der Waals surface area contributed by atoms with Gasteiger partial charge in [-0.25, -0.2) is 0 Å². The Morgan fingerprint density at radius 3 is 2.73 bits per heavy atom. The van der Waals surface area contributed by atoms with Crippen LogP contribution in [0.15, 0.2) is 51.0 Å². The summed E-state index contributed by atoms with van der Waals surface area (Å²) in [5.41, 5.74) is 5.22. The van der Waals surface area contributed by atoms with E-state index >= 15 is 0 Å². The van der Waals surface area contributed by atoms with Crippen molar-refractivity contribution in [3.63, 3.8) is 0 Å². The number of amides is 2. The first-order valence-electron chi connectivity index (χ1n) is 11.1. The van der Waals surface area contributed by atoms with E-state index < -0.39 is 21.8 Å². The maximum absolute atomic E-state index is 13.7. The van der Waals surface area contributed by atoms with E-state index in [1.165, 1.54) is 18.2 Å². The van der Waals surface area contributed by atoms with Gasteiger partial charge in [-0.15, -0.1) is 4.40 Å². The van der Waals surface area contributed by atoms with Gasteiger partial charge in [0.1, 0.15) is 16.2 Å². The molecule has 2 heterocycles. The number of nitrogens with zero attached hydrogens (tertiary/aromatic N) is 2. The molecular formula is C23H26N4O5S. The average Bonchev–Trinajstić information content (AvgIpc) is 3.35. The second-order valence-electron chi connectivity index (χ2n) is 9.49. The number of allylic oxidation sites excluding steroid dienone is 1. The van der Waals surface area contributed by atoms with Crippen LogP contribution in [0.3, 0.4) is 0 Å². The summed E-state index contributed by atoms with van der Waals surface area (Å²) in [6.07, 6.45) is 5.78. The number of primary amides is 1. The number of aliphatic hydroxyl groups is 1. The van der Waals surface area contributed by atoms with Crippen LogP contribution >= 0.6 is 0 Å². The molecule has 4 atom stereocenters. The molecule has 4 unspecified atom stereocenters. The molecule has 4 N–H and O–H groups in total. The highest BCUT2D eigenvalue weighted by molar-refractivity contribution is 7.90. The summed E-state index contributed by atoms with van der Waals surface area (Å²) < 4.78 is 29.7. The molecule has 2 aliphatic heterocycles. The number of fused-ring (bicyclic) bond motifs is 6. The molecule has 4 aliphatic rings. The predicted octanol–water partition coefficient (Wildman–Crippen LogP) is 2.19. The highest BCUT2D eigenvalue weighted by atomic mass is 32.2. The summed E-state index contributed by atoms with van der Waals surface area (Å²) >= 11 is 0. The van der Waals surface area contributed by atoms with E-state index in [1.807, 2.05) is 0 Å². The van der Waals surface area contributed by atoms with Crippen LogP contribution in [0.1, 0.15) is 37.0 Å². The van der Waals surface area contributed by atoms with Crippen LogP contribution in [0.25, 0.3) is 0 Å². The average molecular weight is 471 g/mol. The van der Waals surface area contributed by atoms with Gasteiger partial charge in [0.15, 0.2) is 5.84 Å². The first-order valence-corrected chi connectivity index (χ1v) is 12.5. The number of carbonyl (C=O) groups excluding carboxylic acids is 2. The van der Waals surface area contributed by atoms with Crippen LogP contribution in [0.4, 0.5) is 5.69 Å². The van der Waals surface area contributed by atoms with Crippen LogP contribution in [0, 0.1) is 23.7 Å². The van der Waals surface area contributed by atoms with E-state index in [0.29, 0.717) is 12.5 Å². The molecule has 2 bridgehead atoms. The maximum Gasteiger partial charge on any atom is 0.286 e. The van der Waals surface area contributed by atoms with Gasteiger partial charge in [0, 0.05) is 18.5 Å². The van der Waals surface area contributed by atoms with Crippen molar-refractivity contribution in [3.05, 3.63) is 47.2 Å². The molecule has 33 heavy (non-hydrogen) atoms. The van der Waals surface area contributed by atoms with E-state index in [4.69, 9.17) is 5.73 Å². The Labute approximate surface area is 192 Å². The topological polar surface area (TPSA) is 142 Å². The largest absolute Gasteiger partial charge is 0.511 e. The van der Waals surface area contributed by atoms with Crippen LogP contribution < -0.4 is 11.1 Å². The number of nitrogens with two attached hydrogens (primary N) is 1. The molecule has 9 nitrogen and oxygen atoms in total. The Morgan fingerprint density at radius 2 is 2.03 bits per heavy atom. The third-order valence-electron chi connectivity index (χ3n) is 7.03. The summed E-state index contributed by atoms with van der Waals surface area (Å²) in [5, 5.41) is 14.1. The second-order valence-corrected chi connectivity index (χ2v) is 11.1. The third kappa shape index (κ3) is 3.26. The van der Waals surface area contributed by atoms with Gasteiger partial charge in [0.25, 0.3) is 21.8 Å². The first-order chi connectivity index (χ1) is 15.6. The Hall–Kier alpha value is -3.14. The molecule has 1 fully saturated rings. The van der Waals surface area contributed by atoms with Gasteiger partial charge in [-0.3, -0.25) is 9.59 Å². The second kappa shape index (κ2) is 7.44. The maximum atomic E-state index is 13.7. The number of nitrogens with one attached hydrogen (secondary N) is 1. The SMILES string of the molecule is CC(C)CCN1C(=O)C(C2=NS(=O)(=O)c3cccc(C(N)=O)c3N2)=C(O)C2C3C=CC(C3)C21. The number of carbonyl (C=O) groups is 2. The van der Waals surface area contributed by atoms with E-state index in [0.717, 1.165) is 12.8 Å². The Balaban J connectivity index is 1.63. The number of hydrogen-bond acceptors (Lipinski definition) is 6. The van der Waals surface area contributed by atoms with Crippen molar-refractivity contribution < 1.29 is 23.1 Å². The van der Waals surface area contributed by atoms with Crippen molar-refractivity contribution in [3.8, 4) is 0 Å². The molecule has 0 saturated heterocycles. The zero-order valence-electron chi connectivity index (χ0n) is 18.4. The van der Waals surface area contributed by atoms with E-state index in [2.05, 4.69) is 35.7 Å². The van der Waals surface area contributed by atoms with E-state index in [-0.39, 0.29) is 57.1 Å². The fourth-order valence-electron chi connectivity index (χ4n) is 5.51. The summed E-state index contributed by atoms with van der Waals surface area (Å²) in [6.45, 7) is 4.64. The molecule has 5 rings (SSSR count). The molecular weight excluding hydrogens is 444 g/mol. The lowest BCUT2D eigenvalue weighted by molar-refractivity contribution is -0.132. The number of sulfonamides is 1. The minimum Gasteiger partial charge on any atom is -0.511 e. The van der Waals surface area contributed by atoms with Crippen LogP contribution in [0.5, 0.6) is 0 Å². The highest BCUT2D eigenvalue weighted by Gasteiger charge is 2.55. The van der Waals surface area contributed by atoms with E-state index in [9.17, 15) is 23.1 Å². The molecule has 1 aromatic rings. The molecule has 10 heteroatoms. The lowest BCUT2D eigenvalue weighted by Crippen LogP contribution is -2.54. The number of benzene rings is 1. The normalized spacial score (nSPS) is 29.1. The van der Waals surface area contributed by atoms with Crippen molar-refractivity contribution in [2.75, 3.05) is 11.9 Å². The minimum atomic E-state index is -4.23. The predicted molar refractivity (Wildman–Crippen MR) is 122 cm³/mol. The minimum absolute atomic E-state index is 0.0354. The zero-order chi connectivity index (χ0) is 23.7. The monoisotopic (exact) mass is 470 g/mol. The van der Waals surface area contributed by atoms with Crippen molar-refractivity contribution in [2.24, 2.45) is 33.8 Å². The molecule has 2 aliphatic carbocycles. The summed E-state index contributed by atoms with van der Waals surface area (Å²) in [7, 11) is -4.23. The van der Waals surface area contributed by atoms with Crippen molar-refractivity contribution in [1.82, 2.24) is 4.90 Å². The Morgan fingerprint density at radius 1 is 1.30 bits per heavy atom. The van der Waals surface area contributed by atoms with Gasteiger partial charge in [-0.05, 0) is 42.7 Å². The fraction of sp³-hybridized carbons (Fsp3) is 0.435. The van der Waals surface area contributed by atoms with Gasteiger partial charge >= 0.3 is 0 Å². The Bertz CT molecular complexity index is 1260. The van der Waals surface area contributed by atoms with Crippen molar-refractivity contribution in [1.29, 1.82) is 0 Å². The number of para-hydroxylation sites is 1.